The van der Waals surface area contributed by atoms with Gasteiger partial charge in [-0.15, -0.1) is 34.2 Å². The number of ether oxygens (including phenoxy) is 1. The number of aromatic nitrogens is 3. The molecule has 0 fully saturated rings. The lowest BCUT2D eigenvalue weighted by Crippen LogP contribution is -2.38. The van der Waals surface area contributed by atoms with Crippen molar-refractivity contribution in [3.05, 3.63) is 46.8 Å². The molecule has 9 heteroatoms. The van der Waals surface area contributed by atoms with E-state index in [0.717, 1.165) is 30.2 Å². The fourth-order valence-electron chi connectivity index (χ4n) is 2.37. The van der Waals surface area contributed by atoms with Crippen molar-refractivity contribution in [3.63, 3.8) is 0 Å². The maximum Gasteiger partial charge on any atom is 0.191 e. The Labute approximate surface area is 183 Å². The zero-order valence-corrected chi connectivity index (χ0v) is 19.3. The second kappa shape index (κ2) is 12.7. The summed E-state index contributed by atoms with van der Waals surface area (Å²) in [7, 11) is 1.92. The highest BCUT2D eigenvalue weighted by Gasteiger charge is 2.06. The number of nitrogens with one attached hydrogen (secondary N) is 2. The number of hydrogen-bond donors (Lipinski definition) is 2. The molecule has 0 atom stereocenters. The molecule has 0 spiro atoms. The largest absolute Gasteiger partial charge is 0.382 e. The molecule has 0 aliphatic carbocycles. The van der Waals surface area contributed by atoms with Crippen LogP contribution in [0.15, 0.2) is 23.2 Å². The summed E-state index contributed by atoms with van der Waals surface area (Å²) >= 11 is 0. The van der Waals surface area contributed by atoms with Crippen molar-refractivity contribution in [3.8, 4) is 0 Å². The van der Waals surface area contributed by atoms with Gasteiger partial charge in [0.1, 0.15) is 11.6 Å². The molecule has 2 rings (SSSR count). The predicted octanol–water partition coefficient (Wildman–Crippen LogP) is 2.85. The normalized spacial score (nSPS) is 11.2. The van der Waals surface area contributed by atoms with Gasteiger partial charge in [-0.1, -0.05) is 12.1 Å². The van der Waals surface area contributed by atoms with E-state index in [2.05, 4.69) is 25.8 Å². The molecule has 0 saturated heterocycles. The zero-order valence-electron chi connectivity index (χ0n) is 17.0. The number of halogens is 2. The number of benzene rings is 1. The standard InChI is InChI=1S/C19H29FN6O.HI/c1-5-27-10-6-9-21-19(23-13-18-25-24-15(3)26(18)4)22-12-16-8-7-14(2)17(20)11-16;/h7-8,11H,5-6,9-10,12-13H2,1-4H3,(H2,21,22,23);1H. The van der Waals surface area contributed by atoms with Crippen LogP contribution in [0.4, 0.5) is 4.39 Å². The van der Waals surface area contributed by atoms with Gasteiger partial charge in [-0.2, -0.15) is 0 Å². The van der Waals surface area contributed by atoms with Gasteiger partial charge in [0.15, 0.2) is 11.8 Å². The molecule has 0 radical (unpaired) electrons. The first-order valence-corrected chi connectivity index (χ1v) is 9.21. The van der Waals surface area contributed by atoms with E-state index < -0.39 is 0 Å². The third kappa shape index (κ3) is 7.70. The fraction of sp³-hybridized carbons (Fsp3) is 0.526. The van der Waals surface area contributed by atoms with E-state index in [1.807, 2.05) is 31.5 Å². The number of guanidine groups is 1. The molecule has 1 aromatic heterocycles. The van der Waals surface area contributed by atoms with Crippen LogP contribution < -0.4 is 10.6 Å². The molecule has 0 saturated carbocycles. The summed E-state index contributed by atoms with van der Waals surface area (Å²) in [6.07, 6.45) is 0.872. The summed E-state index contributed by atoms with van der Waals surface area (Å²) in [5.74, 6) is 2.10. The minimum Gasteiger partial charge on any atom is -0.382 e. The number of rotatable bonds is 9. The Morgan fingerprint density at radius 1 is 1.25 bits per heavy atom. The second-order valence-electron chi connectivity index (χ2n) is 6.30. The van der Waals surface area contributed by atoms with Crippen molar-refractivity contribution in [2.24, 2.45) is 12.0 Å². The van der Waals surface area contributed by atoms with Crippen molar-refractivity contribution in [1.29, 1.82) is 0 Å². The summed E-state index contributed by atoms with van der Waals surface area (Å²) in [6, 6.07) is 5.18. The zero-order chi connectivity index (χ0) is 19.6. The van der Waals surface area contributed by atoms with Crippen LogP contribution in [-0.4, -0.2) is 40.5 Å². The minimum absolute atomic E-state index is 0. The maximum atomic E-state index is 13.7. The molecular formula is C19H30FIN6O. The first-order valence-electron chi connectivity index (χ1n) is 9.21. The summed E-state index contributed by atoms with van der Waals surface area (Å²) in [4.78, 5) is 4.56. The van der Waals surface area contributed by atoms with Crippen LogP contribution >= 0.6 is 24.0 Å². The molecule has 156 valence electrons. The Balaban J connectivity index is 0.00000392. The molecule has 2 N–H and O–H groups in total. The van der Waals surface area contributed by atoms with E-state index in [0.29, 0.717) is 37.8 Å². The van der Waals surface area contributed by atoms with Crippen molar-refractivity contribution in [2.75, 3.05) is 19.8 Å². The lowest BCUT2D eigenvalue weighted by Gasteiger charge is -2.13. The second-order valence-corrected chi connectivity index (χ2v) is 6.30. The third-order valence-corrected chi connectivity index (χ3v) is 4.21. The first-order chi connectivity index (χ1) is 13.0. The van der Waals surface area contributed by atoms with Crippen molar-refractivity contribution in [1.82, 2.24) is 25.4 Å². The monoisotopic (exact) mass is 504 g/mol. The maximum absolute atomic E-state index is 13.7. The number of aryl methyl sites for hydroxylation is 2. The first kappa shape index (κ1) is 24.3. The Bertz CT molecular complexity index is 765. The quantitative estimate of drug-likeness (QED) is 0.238. The number of nitrogens with zero attached hydrogens (tertiary/aromatic N) is 4. The Kier molecular flexibility index (Phi) is 11.0. The number of aliphatic imine (C=N–C) groups is 1. The van der Waals surface area contributed by atoms with E-state index in [9.17, 15) is 4.39 Å². The Hall–Kier alpha value is -1.75. The van der Waals surface area contributed by atoms with Gasteiger partial charge < -0.3 is 19.9 Å². The van der Waals surface area contributed by atoms with Gasteiger partial charge in [-0.25, -0.2) is 9.38 Å². The summed E-state index contributed by atoms with van der Waals surface area (Å²) in [6.45, 7) is 8.65. The van der Waals surface area contributed by atoms with Crippen LogP contribution in [0, 0.1) is 19.7 Å². The predicted molar refractivity (Wildman–Crippen MR) is 119 cm³/mol. The molecule has 2 aromatic rings. The van der Waals surface area contributed by atoms with Crippen LogP contribution in [0.25, 0.3) is 0 Å². The van der Waals surface area contributed by atoms with Gasteiger partial charge >= 0.3 is 0 Å². The molecule has 7 nitrogen and oxygen atoms in total. The Morgan fingerprint density at radius 2 is 2.04 bits per heavy atom. The average molecular weight is 504 g/mol. The SMILES string of the molecule is CCOCCCNC(=NCc1ccc(C)c(F)c1)NCc1nnc(C)n1C.I. The topological polar surface area (TPSA) is 76.4 Å². The van der Waals surface area contributed by atoms with Crippen molar-refractivity contribution >= 4 is 29.9 Å². The van der Waals surface area contributed by atoms with E-state index in [4.69, 9.17) is 4.74 Å². The van der Waals surface area contributed by atoms with E-state index >= 15 is 0 Å². The highest BCUT2D eigenvalue weighted by atomic mass is 127. The molecule has 1 aromatic carbocycles. The van der Waals surface area contributed by atoms with Gasteiger partial charge in [0.25, 0.3) is 0 Å². The highest BCUT2D eigenvalue weighted by molar-refractivity contribution is 14.0. The fourth-order valence-corrected chi connectivity index (χ4v) is 2.37. The molecule has 0 aliphatic rings. The molecule has 0 amide bonds. The van der Waals surface area contributed by atoms with Crippen LogP contribution in [0.5, 0.6) is 0 Å². The van der Waals surface area contributed by atoms with Gasteiger partial charge in [0, 0.05) is 26.8 Å². The summed E-state index contributed by atoms with van der Waals surface area (Å²) in [5, 5.41) is 14.7. The minimum atomic E-state index is -0.212. The van der Waals surface area contributed by atoms with Crippen LogP contribution in [0.3, 0.4) is 0 Å². The molecule has 28 heavy (non-hydrogen) atoms. The molecule has 0 aliphatic heterocycles. The molecular weight excluding hydrogens is 474 g/mol. The molecule has 0 bridgehead atoms. The van der Waals surface area contributed by atoms with Crippen molar-refractivity contribution < 1.29 is 9.13 Å². The van der Waals surface area contributed by atoms with Gasteiger partial charge in [0.05, 0.1) is 13.1 Å². The Morgan fingerprint density at radius 3 is 2.68 bits per heavy atom. The van der Waals surface area contributed by atoms with Crippen molar-refractivity contribution in [2.45, 2.75) is 40.3 Å². The third-order valence-electron chi connectivity index (χ3n) is 4.21. The van der Waals surface area contributed by atoms with E-state index in [1.54, 1.807) is 13.0 Å². The smallest absolute Gasteiger partial charge is 0.191 e. The van der Waals surface area contributed by atoms with Gasteiger partial charge in [-0.05, 0) is 44.4 Å². The average Bonchev–Trinajstić information content (AvgIpc) is 2.98. The van der Waals surface area contributed by atoms with Crippen LogP contribution in [-0.2, 0) is 24.9 Å². The summed E-state index contributed by atoms with van der Waals surface area (Å²) in [5.41, 5.74) is 1.45. The number of hydrogen-bond acceptors (Lipinski definition) is 4. The van der Waals surface area contributed by atoms with Gasteiger partial charge in [-0.3, -0.25) is 0 Å². The lowest BCUT2D eigenvalue weighted by molar-refractivity contribution is 0.145. The van der Waals surface area contributed by atoms with Gasteiger partial charge in [0.2, 0.25) is 0 Å². The lowest BCUT2D eigenvalue weighted by atomic mass is 10.1. The molecule has 1 heterocycles. The van der Waals surface area contributed by atoms with E-state index in [1.165, 1.54) is 6.07 Å². The highest BCUT2D eigenvalue weighted by Crippen LogP contribution is 2.10. The van der Waals surface area contributed by atoms with E-state index in [-0.39, 0.29) is 29.8 Å². The summed E-state index contributed by atoms with van der Waals surface area (Å²) < 4.78 is 21.0. The molecule has 0 unspecified atom stereocenters. The van der Waals surface area contributed by atoms with Crippen LogP contribution in [0.2, 0.25) is 0 Å². The van der Waals surface area contributed by atoms with Crippen LogP contribution in [0.1, 0.15) is 36.1 Å².